The molecule has 0 heterocycles. The first-order valence-corrected chi connectivity index (χ1v) is 13.3. The average molecular weight is 505 g/mol. The molecule has 4 aromatic rings. The number of amides is 2. The van der Waals surface area contributed by atoms with Gasteiger partial charge in [-0.05, 0) is 48.9 Å². The summed E-state index contributed by atoms with van der Waals surface area (Å²) in [5, 5.41) is 6.49. The fraction of sp³-hybridized carbons (Fsp3) is 0.235. The number of hydrogen-bond donors (Lipinski definition) is 2. The zero-order chi connectivity index (χ0) is 26.7. The summed E-state index contributed by atoms with van der Waals surface area (Å²) in [7, 11) is 0. The van der Waals surface area contributed by atoms with Crippen LogP contribution in [0.5, 0.6) is 0 Å². The van der Waals surface area contributed by atoms with Gasteiger partial charge in [-0.2, -0.15) is 0 Å². The first kappa shape index (κ1) is 26.9. The van der Waals surface area contributed by atoms with E-state index < -0.39 is 12.1 Å². The molecular weight excluding hydrogens is 468 g/mol. The van der Waals surface area contributed by atoms with Crippen molar-refractivity contribution in [2.24, 2.45) is 0 Å². The van der Waals surface area contributed by atoms with Crippen molar-refractivity contribution in [3.05, 3.63) is 143 Å². The maximum absolute atomic E-state index is 13.2. The van der Waals surface area contributed by atoms with Gasteiger partial charge in [-0.3, -0.25) is 9.59 Å². The monoisotopic (exact) mass is 504 g/mol. The van der Waals surface area contributed by atoms with Gasteiger partial charge in [0.05, 0.1) is 12.1 Å². The summed E-state index contributed by atoms with van der Waals surface area (Å²) < 4.78 is 0. The highest BCUT2D eigenvalue weighted by atomic mass is 16.2. The van der Waals surface area contributed by atoms with Gasteiger partial charge < -0.3 is 10.6 Å². The van der Waals surface area contributed by atoms with Gasteiger partial charge in [-0.25, -0.2) is 0 Å². The fourth-order valence-electron chi connectivity index (χ4n) is 4.56. The van der Waals surface area contributed by atoms with Crippen LogP contribution >= 0.6 is 0 Å². The van der Waals surface area contributed by atoms with Gasteiger partial charge in [0.15, 0.2) is 0 Å². The van der Waals surface area contributed by atoms with Crippen molar-refractivity contribution in [1.29, 1.82) is 0 Å². The molecule has 194 valence electrons. The molecule has 0 aliphatic rings. The lowest BCUT2D eigenvalue weighted by Gasteiger charge is -2.30. The predicted molar refractivity (Wildman–Crippen MR) is 154 cm³/mol. The third-order valence-corrected chi connectivity index (χ3v) is 6.81. The molecule has 0 unspecified atom stereocenters. The van der Waals surface area contributed by atoms with Crippen LogP contribution in [-0.2, 0) is 22.4 Å². The summed E-state index contributed by atoms with van der Waals surface area (Å²) in [5.74, 6) is -0.0940. The molecule has 2 atom stereocenters. The number of carbonyl (C=O) groups is 2. The van der Waals surface area contributed by atoms with Crippen LogP contribution in [0.3, 0.4) is 0 Å². The van der Waals surface area contributed by atoms with E-state index in [9.17, 15) is 9.59 Å². The van der Waals surface area contributed by atoms with Crippen LogP contribution < -0.4 is 10.6 Å². The molecular formula is C34H36N2O2. The summed E-state index contributed by atoms with van der Waals surface area (Å²) in [4.78, 5) is 26.4. The third kappa shape index (κ3) is 7.91. The van der Waals surface area contributed by atoms with Crippen molar-refractivity contribution in [1.82, 2.24) is 10.6 Å². The molecule has 0 saturated carbocycles. The Labute approximate surface area is 226 Å². The number of carbonyl (C=O) groups excluding carboxylic acids is 2. The molecule has 2 amide bonds. The lowest BCUT2D eigenvalue weighted by molar-refractivity contribution is -0.124. The smallest absolute Gasteiger partial charge is 0.220 e. The molecule has 0 fully saturated rings. The number of benzene rings is 4. The van der Waals surface area contributed by atoms with E-state index in [1.54, 1.807) is 0 Å². The van der Waals surface area contributed by atoms with Gasteiger partial charge in [0, 0.05) is 12.8 Å². The summed E-state index contributed by atoms with van der Waals surface area (Å²) in [6.07, 6.45) is 2.06. The number of nitrogens with one attached hydrogen (secondary N) is 2. The van der Waals surface area contributed by atoms with E-state index in [1.807, 2.05) is 60.7 Å². The highest BCUT2D eigenvalue weighted by Crippen LogP contribution is 2.29. The Morgan fingerprint density at radius 1 is 0.526 bits per heavy atom. The zero-order valence-electron chi connectivity index (χ0n) is 22.2. The third-order valence-electron chi connectivity index (χ3n) is 6.81. The standard InChI is InChI=1S/C34H36N2O2/c1-25-13-17-27(18-14-25)21-23-31(37)35-33(29-9-5-3-6-10-29)34(30-11-7-4-8-12-30)36-32(38)24-22-28-19-15-26(2)16-20-28/h3-20,33-34H,21-24H2,1-2H3,(H,35,37)(H,36,38)/t33-,34+. The zero-order valence-corrected chi connectivity index (χ0v) is 22.2. The molecule has 0 radical (unpaired) electrons. The van der Waals surface area contributed by atoms with E-state index in [2.05, 4.69) is 73.0 Å². The Morgan fingerprint density at radius 2 is 0.868 bits per heavy atom. The second-order valence-electron chi connectivity index (χ2n) is 9.88. The van der Waals surface area contributed by atoms with Gasteiger partial charge in [0.25, 0.3) is 0 Å². The minimum Gasteiger partial charge on any atom is -0.347 e. The SMILES string of the molecule is Cc1ccc(CCC(=O)N[C@H](c2ccccc2)[C@@H](NC(=O)CCc2ccc(C)cc2)c2ccccc2)cc1. The highest BCUT2D eigenvalue weighted by Gasteiger charge is 2.28. The molecule has 0 aliphatic heterocycles. The molecule has 4 nitrogen and oxygen atoms in total. The number of hydrogen-bond acceptors (Lipinski definition) is 2. The van der Waals surface area contributed by atoms with Crippen LogP contribution in [0.2, 0.25) is 0 Å². The van der Waals surface area contributed by atoms with Crippen LogP contribution in [0.4, 0.5) is 0 Å². The Morgan fingerprint density at radius 3 is 1.21 bits per heavy atom. The molecule has 0 bridgehead atoms. The average Bonchev–Trinajstić information content (AvgIpc) is 2.95. The molecule has 4 aromatic carbocycles. The molecule has 4 heteroatoms. The van der Waals surface area contributed by atoms with Gasteiger partial charge in [0.1, 0.15) is 0 Å². The second-order valence-corrected chi connectivity index (χ2v) is 9.88. The molecule has 2 N–H and O–H groups in total. The first-order chi connectivity index (χ1) is 18.5. The minimum atomic E-state index is -0.410. The summed E-state index contributed by atoms with van der Waals surface area (Å²) in [6.45, 7) is 4.11. The molecule has 4 rings (SSSR count). The summed E-state index contributed by atoms with van der Waals surface area (Å²) in [5.41, 5.74) is 6.56. The first-order valence-electron chi connectivity index (χ1n) is 13.3. The van der Waals surface area contributed by atoms with Crippen LogP contribution in [0.15, 0.2) is 109 Å². The number of rotatable bonds is 11. The Balaban J connectivity index is 1.52. The summed E-state index contributed by atoms with van der Waals surface area (Å²) in [6, 6.07) is 35.5. The quantitative estimate of drug-likeness (QED) is 0.242. The minimum absolute atomic E-state index is 0.0470. The van der Waals surface area contributed by atoms with Crippen molar-refractivity contribution in [3.63, 3.8) is 0 Å². The second kappa shape index (κ2) is 13.4. The Hall–Kier alpha value is -4.18. The summed E-state index contributed by atoms with van der Waals surface area (Å²) >= 11 is 0. The van der Waals surface area contributed by atoms with Gasteiger partial charge >= 0.3 is 0 Å². The molecule has 0 spiro atoms. The van der Waals surface area contributed by atoms with Crippen molar-refractivity contribution in [3.8, 4) is 0 Å². The van der Waals surface area contributed by atoms with Gasteiger partial charge in [-0.15, -0.1) is 0 Å². The van der Waals surface area contributed by atoms with Gasteiger partial charge in [0.2, 0.25) is 11.8 Å². The van der Waals surface area contributed by atoms with Crippen molar-refractivity contribution in [2.45, 2.75) is 51.6 Å². The fourth-order valence-corrected chi connectivity index (χ4v) is 4.56. The van der Waals surface area contributed by atoms with Crippen molar-refractivity contribution >= 4 is 11.8 Å². The number of aryl methyl sites for hydroxylation is 4. The van der Waals surface area contributed by atoms with Crippen molar-refractivity contribution < 1.29 is 9.59 Å². The maximum Gasteiger partial charge on any atom is 0.220 e. The highest BCUT2D eigenvalue weighted by molar-refractivity contribution is 5.78. The van der Waals surface area contributed by atoms with Gasteiger partial charge in [-0.1, -0.05) is 120 Å². The molecule has 0 aromatic heterocycles. The Bertz CT molecular complexity index is 1200. The van der Waals surface area contributed by atoms with E-state index in [0.717, 1.165) is 22.3 Å². The van der Waals surface area contributed by atoms with E-state index in [4.69, 9.17) is 0 Å². The lowest BCUT2D eigenvalue weighted by atomic mass is 9.92. The Kier molecular flexibility index (Phi) is 9.47. The normalized spacial score (nSPS) is 12.4. The largest absolute Gasteiger partial charge is 0.347 e. The molecule has 38 heavy (non-hydrogen) atoms. The van der Waals surface area contributed by atoms with E-state index in [-0.39, 0.29) is 11.8 Å². The van der Waals surface area contributed by atoms with Crippen LogP contribution in [0.1, 0.15) is 58.3 Å². The van der Waals surface area contributed by atoms with Crippen molar-refractivity contribution in [2.75, 3.05) is 0 Å². The van der Waals surface area contributed by atoms with E-state index in [1.165, 1.54) is 11.1 Å². The van der Waals surface area contributed by atoms with Crippen LogP contribution in [0.25, 0.3) is 0 Å². The molecule has 0 aliphatic carbocycles. The van der Waals surface area contributed by atoms with Crippen LogP contribution in [0, 0.1) is 13.8 Å². The molecule has 0 saturated heterocycles. The lowest BCUT2D eigenvalue weighted by Crippen LogP contribution is -2.41. The maximum atomic E-state index is 13.2. The topological polar surface area (TPSA) is 58.2 Å². The van der Waals surface area contributed by atoms with E-state index in [0.29, 0.717) is 25.7 Å². The van der Waals surface area contributed by atoms with Crippen LogP contribution in [-0.4, -0.2) is 11.8 Å². The van der Waals surface area contributed by atoms with E-state index >= 15 is 0 Å². The predicted octanol–water partition coefficient (Wildman–Crippen LogP) is 6.58.